The first kappa shape index (κ1) is 28.1. The minimum absolute atomic E-state index is 0.110. The molecule has 0 aliphatic heterocycles. The molecule has 5 rings (SSSR count). The summed E-state index contributed by atoms with van der Waals surface area (Å²) in [6, 6.07) is 8.11. The van der Waals surface area contributed by atoms with Gasteiger partial charge in [-0.05, 0) is 63.6 Å². The number of benzene rings is 1. The van der Waals surface area contributed by atoms with Gasteiger partial charge in [0.25, 0.3) is 0 Å². The number of thioether (sulfide) groups is 1. The number of fused-ring (bicyclic) bond motifs is 1. The Morgan fingerprint density at radius 1 is 1.18 bits per heavy atom. The summed E-state index contributed by atoms with van der Waals surface area (Å²) < 4.78 is 9.08. The predicted molar refractivity (Wildman–Crippen MR) is 158 cm³/mol. The molecule has 3 aromatic heterocycles. The molecular weight excluding hydrogens is 544 g/mol. The highest BCUT2D eigenvalue weighted by Crippen LogP contribution is 2.41. The predicted octanol–water partition coefficient (Wildman–Crippen LogP) is 5.77. The van der Waals surface area contributed by atoms with Crippen LogP contribution < -0.4 is 5.32 Å². The second-order valence-electron chi connectivity index (χ2n) is 10.1. The van der Waals surface area contributed by atoms with Crippen LogP contribution in [-0.2, 0) is 29.4 Å². The Morgan fingerprint density at radius 3 is 2.62 bits per heavy atom. The molecule has 1 unspecified atom stereocenters. The Hall–Kier alpha value is -3.44. The van der Waals surface area contributed by atoms with Crippen LogP contribution in [0.4, 0.5) is 5.00 Å². The normalized spacial score (nSPS) is 14.7. The number of aryl methyl sites for hydroxylation is 3. The van der Waals surface area contributed by atoms with E-state index in [0.717, 1.165) is 53.8 Å². The molecule has 0 fully saturated rings. The van der Waals surface area contributed by atoms with Gasteiger partial charge in [0.1, 0.15) is 5.00 Å². The van der Waals surface area contributed by atoms with Crippen LogP contribution in [-0.4, -0.2) is 48.8 Å². The number of thiophene rings is 1. The average molecular weight is 579 g/mol. The van der Waals surface area contributed by atoms with Gasteiger partial charge in [-0.3, -0.25) is 14.0 Å². The lowest BCUT2D eigenvalue weighted by molar-refractivity contribution is -0.113. The van der Waals surface area contributed by atoms with Crippen molar-refractivity contribution in [3.63, 3.8) is 0 Å². The van der Waals surface area contributed by atoms with Crippen LogP contribution in [0.2, 0.25) is 0 Å². The molecule has 1 aliphatic carbocycles. The third-order valence-electron chi connectivity index (χ3n) is 7.19. The monoisotopic (exact) mass is 578 g/mol. The Bertz CT molecular complexity index is 1540. The summed E-state index contributed by atoms with van der Waals surface area (Å²) in [5, 5.41) is 17.6. The quantitative estimate of drug-likeness (QED) is 0.199. The summed E-state index contributed by atoms with van der Waals surface area (Å²) >= 11 is 2.81. The topological polar surface area (TPSA) is 104 Å². The third kappa shape index (κ3) is 5.71. The van der Waals surface area contributed by atoms with Crippen LogP contribution >= 0.6 is 23.1 Å². The molecule has 0 spiro atoms. The van der Waals surface area contributed by atoms with Crippen LogP contribution in [0, 0.1) is 19.8 Å². The molecule has 0 saturated heterocycles. The van der Waals surface area contributed by atoms with E-state index in [1.165, 1.54) is 28.0 Å². The molecule has 40 heavy (non-hydrogen) atoms. The van der Waals surface area contributed by atoms with E-state index in [2.05, 4.69) is 27.5 Å². The Balaban J connectivity index is 1.40. The second-order valence-corrected chi connectivity index (χ2v) is 12.1. The van der Waals surface area contributed by atoms with E-state index >= 15 is 0 Å². The van der Waals surface area contributed by atoms with Gasteiger partial charge in [0, 0.05) is 23.8 Å². The lowest BCUT2D eigenvalue weighted by atomic mass is 9.85. The summed E-state index contributed by atoms with van der Waals surface area (Å²) in [5.74, 6) is 0.801. The summed E-state index contributed by atoms with van der Waals surface area (Å²) in [4.78, 5) is 27.3. The average Bonchev–Trinajstić information content (AvgIpc) is 3.61. The van der Waals surface area contributed by atoms with Gasteiger partial charge in [-0.1, -0.05) is 42.8 Å². The van der Waals surface area contributed by atoms with Gasteiger partial charge in [0.05, 0.1) is 29.2 Å². The van der Waals surface area contributed by atoms with E-state index < -0.39 is 0 Å². The molecule has 0 bridgehead atoms. The van der Waals surface area contributed by atoms with Gasteiger partial charge in [-0.15, -0.1) is 21.5 Å². The van der Waals surface area contributed by atoms with Crippen molar-refractivity contribution in [1.82, 2.24) is 24.5 Å². The van der Waals surface area contributed by atoms with Crippen molar-refractivity contribution in [3.05, 3.63) is 57.7 Å². The molecule has 1 amide bonds. The molecule has 1 aromatic carbocycles. The number of rotatable bonds is 9. The number of amides is 1. The van der Waals surface area contributed by atoms with E-state index in [9.17, 15) is 9.59 Å². The lowest BCUT2D eigenvalue weighted by Gasteiger charge is -2.20. The number of carbonyl (C=O) groups is 2. The minimum Gasteiger partial charge on any atom is -0.462 e. The molecule has 1 aliphatic rings. The fraction of sp³-hybridized carbons (Fsp3) is 0.414. The molecular formula is C29H34N6O3S2. The molecule has 11 heteroatoms. The maximum Gasteiger partial charge on any atom is 0.341 e. The van der Waals surface area contributed by atoms with E-state index in [4.69, 9.17) is 4.74 Å². The van der Waals surface area contributed by atoms with E-state index in [0.29, 0.717) is 27.5 Å². The highest BCUT2D eigenvalue weighted by Gasteiger charge is 2.30. The lowest BCUT2D eigenvalue weighted by Crippen LogP contribution is -2.18. The maximum absolute atomic E-state index is 13.2. The van der Waals surface area contributed by atoms with Gasteiger partial charge in [0.15, 0.2) is 11.0 Å². The summed E-state index contributed by atoms with van der Waals surface area (Å²) in [7, 11) is 1.87. The first-order valence-corrected chi connectivity index (χ1v) is 15.4. The van der Waals surface area contributed by atoms with Gasteiger partial charge in [0.2, 0.25) is 5.91 Å². The molecule has 3 heterocycles. The van der Waals surface area contributed by atoms with E-state index in [1.54, 1.807) is 11.6 Å². The highest BCUT2D eigenvalue weighted by atomic mass is 32.2. The Kier molecular flexibility index (Phi) is 8.41. The van der Waals surface area contributed by atoms with Crippen molar-refractivity contribution in [3.8, 4) is 17.1 Å². The van der Waals surface area contributed by atoms with Crippen LogP contribution in [0.1, 0.15) is 58.7 Å². The van der Waals surface area contributed by atoms with Crippen LogP contribution in [0.25, 0.3) is 17.1 Å². The molecule has 9 nitrogen and oxygen atoms in total. The number of ether oxygens (including phenoxy) is 1. The molecule has 0 radical (unpaired) electrons. The van der Waals surface area contributed by atoms with Crippen LogP contribution in [0.3, 0.4) is 0 Å². The zero-order valence-corrected chi connectivity index (χ0v) is 25.1. The standard InChI is InChI=1S/C29H34N6O3S2/c1-6-19-10-13-21-23(14-19)40-27(25(21)28(37)38-7-2)30-24(36)16-39-29-32-31-26(22-15-34(5)33-18(22)4)35(29)20-11-8-17(3)9-12-20/h8-9,11-12,15,19H,6-7,10,13-14,16H2,1-5H3,(H,30,36). The highest BCUT2D eigenvalue weighted by molar-refractivity contribution is 7.99. The van der Waals surface area contributed by atoms with Crippen LogP contribution in [0.5, 0.6) is 0 Å². The summed E-state index contributed by atoms with van der Waals surface area (Å²) in [5.41, 5.74) is 5.32. The summed E-state index contributed by atoms with van der Waals surface area (Å²) in [6.07, 6.45) is 5.84. The Labute approximate surface area is 242 Å². The molecule has 210 valence electrons. The number of nitrogens with one attached hydrogen (secondary N) is 1. The zero-order chi connectivity index (χ0) is 28.4. The smallest absolute Gasteiger partial charge is 0.341 e. The maximum atomic E-state index is 13.2. The van der Waals surface area contributed by atoms with Gasteiger partial charge < -0.3 is 10.1 Å². The third-order valence-corrected chi connectivity index (χ3v) is 9.29. The first-order chi connectivity index (χ1) is 19.3. The first-order valence-electron chi connectivity index (χ1n) is 13.6. The number of esters is 1. The molecule has 0 saturated carbocycles. The van der Waals surface area contributed by atoms with Crippen molar-refractivity contribution in [2.75, 3.05) is 17.7 Å². The van der Waals surface area contributed by atoms with E-state index in [-0.39, 0.29) is 24.2 Å². The number of hydrogen-bond acceptors (Lipinski definition) is 8. The minimum atomic E-state index is -0.367. The van der Waals surface area contributed by atoms with Crippen molar-refractivity contribution in [2.24, 2.45) is 13.0 Å². The number of nitrogens with zero attached hydrogens (tertiary/aromatic N) is 5. The second kappa shape index (κ2) is 12.0. The number of aromatic nitrogens is 5. The van der Waals surface area contributed by atoms with Gasteiger partial charge >= 0.3 is 5.97 Å². The number of hydrogen-bond donors (Lipinski definition) is 1. The van der Waals surface area contributed by atoms with Crippen LogP contribution in [0.15, 0.2) is 35.6 Å². The fourth-order valence-electron chi connectivity index (χ4n) is 5.09. The molecule has 4 aromatic rings. The Morgan fingerprint density at radius 2 is 1.95 bits per heavy atom. The zero-order valence-electron chi connectivity index (χ0n) is 23.5. The molecule has 1 N–H and O–H groups in total. The molecule has 1 atom stereocenters. The number of anilines is 1. The SMILES string of the molecule is CCOC(=O)c1c(NC(=O)CSc2nnc(-c3cn(C)nc3C)n2-c2ccc(C)cc2)sc2c1CCC(CC)C2. The largest absolute Gasteiger partial charge is 0.462 e. The van der Waals surface area contributed by atoms with Crippen molar-refractivity contribution < 1.29 is 14.3 Å². The van der Waals surface area contributed by atoms with Crippen molar-refractivity contribution in [1.29, 1.82) is 0 Å². The number of carbonyl (C=O) groups excluding carboxylic acids is 2. The summed E-state index contributed by atoms with van der Waals surface area (Å²) in [6.45, 7) is 8.26. The van der Waals surface area contributed by atoms with Gasteiger partial charge in [-0.2, -0.15) is 5.10 Å². The van der Waals surface area contributed by atoms with E-state index in [1.807, 2.05) is 55.9 Å². The van der Waals surface area contributed by atoms with Crippen molar-refractivity contribution >= 4 is 40.0 Å². The fourth-order valence-corrected chi connectivity index (χ4v) is 7.20. The van der Waals surface area contributed by atoms with Gasteiger partial charge in [-0.25, -0.2) is 4.79 Å². The van der Waals surface area contributed by atoms with Crippen molar-refractivity contribution in [2.45, 2.75) is 58.5 Å².